The van der Waals surface area contributed by atoms with Crippen molar-refractivity contribution in [2.75, 3.05) is 13.2 Å². The van der Waals surface area contributed by atoms with Crippen molar-refractivity contribution >= 4 is 18.5 Å². The summed E-state index contributed by atoms with van der Waals surface area (Å²) in [6, 6.07) is 17.2. The maximum atomic E-state index is 14.4. The molecule has 228 valence electrons. The van der Waals surface area contributed by atoms with Gasteiger partial charge in [-0.25, -0.2) is 23.2 Å². The van der Waals surface area contributed by atoms with Crippen molar-refractivity contribution in [3.63, 3.8) is 0 Å². The highest BCUT2D eigenvalue weighted by molar-refractivity contribution is 5.61. The van der Waals surface area contributed by atoms with E-state index in [2.05, 4.69) is 0 Å². The Hall–Kier alpha value is -4.05. The van der Waals surface area contributed by atoms with Gasteiger partial charge in [0.1, 0.15) is 38.6 Å². The number of aliphatic hydroxyl groups excluding tert-OH is 2. The molecule has 2 saturated heterocycles. The summed E-state index contributed by atoms with van der Waals surface area (Å²) in [4.78, 5) is 36.2. The van der Waals surface area contributed by atoms with Crippen molar-refractivity contribution in [2.45, 2.75) is 62.6 Å². The zero-order chi connectivity index (χ0) is 30.1. The molecule has 0 bridgehead atoms. The van der Waals surface area contributed by atoms with Gasteiger partial charge >= 0.3 is 18.5 Å². The van der Waals surface area contributed by atoms with Gasteiger partial charge in [-0.2, -0.15) is 0 Å². The lowest BCUT2D eigenvalue weighted by atomic mass is 10.1. The van der Waals surface area contributed by atoms with Gasteiger partial charge in [-0.1, -0.05) is 60.7 Å². The van der Waals surface area contributed by atoms with Crippen LogP contribution in [0.15, 0.2) is 60.7 Å². The van der Waals surface area contributed by atoms with Crippen molar-refractivity contribution in [2.24, 2.45) is 0 Å². The number of benzene rings is 2. The van der Waals surface area contributed by atoms with E-state index < -0.39 is 81.0 Å². The van der Waals surface area contributed by atoms with Crippen LogP contribution in [-0.4, -0.2) is 91.2 Å². The number of hydrogen-bond acceptors (Lipinski definition) is 13. The summed E-state index contributed by atoms with van der Waals surface area (Å²) in [6.07, 6.45) is -18.4. The van der Waals surface area contributed by atoms with E-state index in [1.54, 1.807) is 60.7 Å². The Bertz CT molecular complexity index is 1080. The third kappa shape index (κ3) is 8.48. The van der Waals surface area contributed by atoms with Gasteiger partial charge < -0.3 is 48.1 Å². The van der Waals surface area contributed by atoms with Crippen molar-refractivity contribution in [1.82, 2.24) is 0 Å². The van der Waals surface area contributed by atoms with E-state index in [0.717, 1.165) is 0 Å². The zero-order valence-electron chi connectivity index (χ0n) is 21.9. The molecule has 0 spiro atoms. The Kier molecular flexibility index (Phi) is 10.8. The molecule has 2 fully saturated rings. The van der Waals surface area contributed by atoms with E-state index in [1.807, 2.05) is 0 Å². The lowest BCUT2D eigenvalue weighted by Gasteiger charge is -2.20. The van der Waals surface area contributed by atoms with Gasteiger partial charge in [0, 0.05) is 0 Å². The highest BCUT2D eigenvalue weighted by Crippen LogP contribution is 2.28. The van der Waals surface area contributed by atoms with Crippen LogP contribution in [0.5, 0.6) is 0 Å². The molecule has 2 aromatic carbocycles. The molecule has 42 heavy (non-hydrogen) atoms. The largest absolute Gasteiger partial charge is 0.509 e. The van der Waals surface area contributed by atoms with E-state index in [4.69, 9.17) is 37.9 Å². The van der Waals surface area contributed by atoms with E-state index in [9.17, 15) is 33.4 Å². The fourth-order valence-electron chi connectivity index (χ4n) is 4.01. The number of alkyl halides is 2. The summed E-state index contributed by atoms with van der Waals surface area (Å²) in [7, 11) is 0. The van der Waals surface area contributed by atoms with Crippen LogP contribution >= 0.6 is 0 Å². The molecule has 8 atom stereocenters. The smallest absolute Gasteiger partial charge is 0.431 e. The number of carbonyl (C=O) groups excluding carboxylic acids is 3. The molecule has 0 amide bonds. The van der Waals surface area contributed by atoms with Crippen LogP contribution in [-0.2, 0) is 51.1 Å². The Morgan fingerprint density at radius 1 is 0.619 bits per heavy atom. The summed E-state index contributed by atoms with van der Waals surface area (Å²) in [5.41, 5.74) is 1.29. The van der Waals surface area contributed by atoms with Crippen LogP contribution in [0.4, 0.5) is 23.2 Å². The summed E-state index contributed by atoms with van der Waals surface area (Å²) < 4.78 is 68.1. The van der Waals surface area contributed by atoms with Gasteiger partial charge in [0.15, 0.2) is 37.1 Å². The molecule has 2 N–H and O–H groups in total. The van der Waals surface area contributed by atoms with E-state index in [0.29, 0.717) is 11.1 Å². The summed E-state index contributed by atoms with van der Waals surface area (Å²) in [5.74, 6) is 0. The Balaban J connectivity index is 1.21. The number of halogens is 2. The predicted octanol–water partition coefficient (Wildman–Crippen LogP) is 2.69. The van der Waals surface area contributed by atoms with E-state index in [1.165, 1.54) is 0 Å². The minimum Gasteiger partial charge on any atom is -0.431 e. The van der Waals surface area contributed by atoms with Crippen LogP contribution in [0.3, 0.4) is 0 Å². The molecule has 2 aromatic rings. The maximum absolute atomic E-state index is 14.4. The second-order valence-corrected chi connectivity index (χ2v) is 9.10. The standard InChI is InChI=1S/C27H28F2O13/c28-19-21(41-26(33)35-11-15-7-3-1-4-8-15)17(39-23(19)30)13-37-25(32)38-14-18-22(20(29)24(31)40-18)42-27(34)36-12-16-9-5-2-6-10-16/h1-10,17-24,30-31H,11-14H2/t17-,18-,19+,20+,21-,22-,23?,24?/m1/s1. The summed E-state index contributed by atoms with van der Waals surface area (Å²) >= 11 is 0. The molecule has 2 unspecified atom stereocenters. The first-order valence-electron chi connectivity index (χ1n) is 12.7. The third-order valence-electron chi connectivity index (χ3n) is 6.13. The zero-order valence-corrected chi connectivity index (χ0v) is 21.9. The fraction of sp³-hybridized carbons (Fsp3) is 0.444. The molecule has 2 heterocycles. The Labute approximate surface area is 237 Å². The minimum absolute atomic E-state index is 0.159. The topological polar surface area (TPSA) is 166 Å². The number of aliphatic hydroxyl groups is 2. The molecule has 2 aliphatic rings. The summed E-state index contributed by atoms with van der Waals surface area (Å²) in [6.45, 7) is -1.77. The van der Waals surface area contributed by atoms with Crippen LogP contribution < -0.4 is 0 Å². The van der Waals surface area contributed by atoms with Gasteiger partial charge in [0.2, 0.25) is 0 Å². The molecule has 13 nitrogen and oxygen atoms in total. The van der Waals surface area contributed by atoms with E-state index in [-0.39, 0.29) is 13.2 Å². The second-order valence-electron chi connectivity index (χ2n) is 9.10. The lowest BCUT2D eigenvalue weighted by Crippen LogP contribution is -2.38. The van der Waals surface area contributed by atoms with Gasteiger partial charge in [-0.15, -0.1) is 0 Å². The van der Waals surface area contributed by atoms with Crippen LogP contribution in [0, 0.1) is 0 Å². The number of carbonyl (C=O) groups is 3. The second kappa shape index (κ2) is 14.7. The predicted molar refractivity (Wildman–Crippen MR) is 132 cm³/mol. The third-order valence-corrected chi connectivity index (χ3v) is 6.13. The van der Waals surface area contributed by atoms with Crippen LogP contribution in [0.2, 0.25) is 0 Å². The summed E-state index contributed by atoms with van der Waals surface area (Å²) in [5, 5.41) is 19.4. The van der Waals surface area contributed by atoms with Gasteiger partial charge in [-0.3, -0.25) is 0 Å². The first-order valence-corrected chi connectivity index (χ1v) is 12.7. The monoisotopic (exact) mass is 598 g/mol. The molecule has 0 aliphatic carbocycles. The van der Waals surface area contributed by atoms with Crippen LogP contribution in [0.25, 0.3) is 0 Å². The van der Waals surface area contributed by atoms with Crippen molar-refractivity contribution in [3.05, 3.63) is 71.8 Å². The molecule has 0 saturated carbocycles. The lowest BCUT2D eigenvalue weighted by molar-refractivity contribution is -0.131. The highest BCUT2D eigenvalue weighted by atomic mass is 19.1. The molecule has 15 heteroatoms. The molecule has 4 rings (SSSR count). The number of rotatable bonds is 10. The van der Waals surface area contributed by atoms with Crippen molar-refractivity contribution in [1.29, 1.82) is 0 Å². The average molecular weight is 599 g/mol. The fourth-order valence-corrected chi connectivity index (χ4v) is 4.01. The first kappa shape index (κ1) is 30.9. The van der Waals surface area contributed by atoms with Crippen molar-refractivity contribution < 1.29 is 71.3 Å². The Morgan fingerprint density at radius 2 is 1.00 bits per heavy atom. The molecule has 0 radical (unpaired) electrons. The normalized spacial score (nSPS) is 28.5. The van der Waals surface area contributed by atoms with Crippen LogP contribution in [0.1, 0.15) is 11.1 Å². The van der Waals surface area contributed by atoms with Gasteiger partial charge in [0.05, 0.1) is 0 Å². The van der Waals surface area contributed by atoms with Crippen molar-refractivity contribution in [3.8, 4) is 0 Å². The Morgan fingerprint density at radius 3 is 1.38 bits per heavy atom. The SMILES string of the molecule is O=C(OC[C@H]1OC(O)[C@@H](F)[C@@H]1OC(=O)OCc1ccccc1)OC[C@H]1OC(O)[C@@H](F)[C@@H]1OC(=O)OCc1ccccc1. The highest BCUT2D eigenvalue weighted by Gasteiger charge is 2.49. The van der Waals surface area contributed by atoms with Gasteiger partial charge in [0.25, 0.3) is 0 Å². The quantitative estimate of drug-likeness (QED) is 0.303. The molecular weight excluding hydrogens is 570 g/mol. The maximum Gasteiger partial charge on any atom is 0.509 e. The number of hydrogen-bond donors (Lipinski definition) is 2. The first-order chi connectivity index (χ1) is 20.2. The average Bonchev–Trinajstić information content (AvgIpc) is 3.42. The molecular formula is C27H28F2O13. The minimum atomic E-state index is -2.17. The number of ether oxygens (including phenoxy) is 8. The van der Waals surface area contributed by atoms with Gasteiger partial charge in [-0.05, 0) is 11.1 Å². The van der Waals surface area contributed by atoms with E-state index >= 15 is 0 Å². The molecule has 2 aliphatic heterocycles. The molecule has 0 aromatic heterocycles.